The number of hydrogen-bond donors (Lipinski definition) is 3. The Morgan fingerprint density at radius 3 is 2.63 bits per heavy atom. The number of amides is 2. The van der Waals surface area contributed by atoms with E-state index in [1.54, 1.807) is 6.07 Å². The molecule has 0 radical (unpaired) electrons. The smallest absolute Gasteiger partial charge is 0.329 e. The number of urea groups is 1. The molecule has 0 bridgehead atoms. The molecule has 152 valence electrons. The Balaban J connectivity index is 1.27. The van der Waals surface area contributed by atoms with Crippen molar-refractivity contribution in [2.75, 3.05) is 5.32 Å². The topological polar surface area (TPSA) is 79.0 Å². The Morgan fingerprint density at radius 1 is 1.10 bits per heavy atom. The molecule has 9 heteroatoms. The number of anilines is 1. The molecular formula is C21H16BrClN4O2S. The number of carbonyl (C=O) groups is 1. The molecule has 3 aromatic carbocycles. The average Bonchev–Trinajstić information content (AvgIpc) is 3.15. The Kier molecular flexibility index (Phi) is 6.47. The summed E-state index contributed by atoms with van der Waals surface area (Å²) in [5.41, 5.74) is 2.44. The molecule has 1 heterocycles. The molecule has 6 nitrogen and oxygen atoms in total. The third kappa shape index (κ3) is 5.47. The molecule has 4 rings (SSSR count). The summed E-state index contributed by atoms with van der Waals surface area (Å²) in [5, 5.41) is 3.43. The van der Waals surface area contributed by atoms with Gasteiger partial charge in [0.15, 0.2) is 0 Å². The largest absolute Gasteiger partial charge is 0.486 e. The lowest BCUT2D eigenvalue weighted by Gasteiger charge is -2.08. The third-order valence-electron chi connectivity index (χ3n) is 4.06. The van der Waals surface area contributed by atoms with Crippen LogP contribution in [0, 0.1) is 0 Å². The van der Waals surface area contributed by atoms with Crippen LogP contribution in [0.5, 0.6) is 5.75 Å². The van der Waals surface area contributed by atoms with Crippen LogP contribution in [0.15, 0.2) is 76.1 Å². The van der Waals surface area contributed by atoms with Crippen molar-refractivity contribution < 1.29 is 9.53 Å². The SMILES string of the molecule is O=C(NSc1ccc(OCc2nc3ccc(Cl)cc3[nH]2)cc1)Nc1ccc(Br)cc1. The Bertz CT molecular complexity index is 1170. The molecule has 0 unspecified atom stereocenters. The molecule has 0 saturated carbocycles. The highest BCUT2D eigenvalue weighted by molar-refractivity contribution is 9.10. The number of benzene rings is 3. The van der Waals surface area contributed by atoms with Crippen molar-refractivity contribution in [1.82, 2.24) is 14.7 Å². The molecular weight excluding hydrogens is 488 g/mol. The molecule has 0 aliphatic heterocycles. The number of ether oxygens (including phenoxy) is 1. The van der Waals surface area contributed by atoms with Gasteiger partial charge in [0.1, 0.15) is 18.2 Å². The van der Waals surface area contributed by atoms with Crippen LogP contribution in [0.4, 0.5) is 10.5 Å². The Hall–Kier alpha value is -2.68. The molecule has 0 aliphatic carbocycles. The van der Waals surface area contributed by atoms with E-state index in [0.717, 1.165) is 26.2 Å². The first kappa shape index (κ1) is 20.6. The molecule has 0 atom stereocenters. The maximum Gasteiger partial charge on any atom is 0.329 e. The van der Waals surface area contributed by atoms with Gasteiger partial charge in [0.05, 0.1) is 11.0 Å². The normalized spacial score (nSPS) is 10.7. The van der Waals surface area contributed by atoms with Crippen LogP contribution in [-0.4, -0.2) is 16.0 Å². The second-order valence-electron chi connectivity index (χ2n) is 6.27. The van der Waals surface area contributed by atoms with Crippen molar-refractivity contribution in [3.8, 4) is 5.75 Å². The molecule has 2 amide bonds. The highest BCUT2D eigenvalue weighted by atomic mass is 79.9. The van der Waals surface area contributed by atoms with E-state index < -0.39 is 0 Å². The van der Waals surface area contributed by atoms with Crippen molar-refractivity contribution in [2.24, 2.45) is 0 Å². The summed E-state index contributed by atoms with van der Waals surface area (Å²) in [6, 6.07) is 20.0. The van der Waals surface area contributed by atoms with Crippen LogP contribution in [0.25, 0.3) is 11.0 Å². The van der Waals surface area contributed by atoms with Gasteiger partial charge in [0.2, 0.25) is 0 Å². The molecule has 0 fully saturated rings. The number of carbonyl (C=O) groups excluding carboxylic acids is 1. The molecule has 0 saturated heterocycles. The van der Waals surface area contributed by atoms with E-state index in [0.29, 0.717) is 23.1 Å². The van der Waals surface area contributed by atoms with E-state index in [4.69, 9.17) is 16.3 Å². The predicted molar refractivity (Wildman–Crippen MR) is 124 cm³/mol. The summed E-state index contributed by atoms with van der Waals surface area (Å²) < 4.78 is 9.48. The lowest BCUT2D eigenvalue weighted by molar-refractivity contribution is 0.257. The maximum absolute atomic E-state index is 12.0. The number of imidazole rings is 1. The second kappa shape index (κ2) is 9.42. The van der Waals surface area contributed by atoms with Crippen LogP contribution in [0.3, 0.4) is 0 Å². The zero-order valence-electron chi connectivity index (χ0n) is 15.5. The summed E-state index contributed by atoms with van der Waals surface area (Å²) in [6.45, 7) is 0.312. The minimum absolute atomic E-state index is 0.298. The van der Waals surface area contributed by atoms with Crippen LogP contribution in [0.1, 0.15) is 5.82 Å². The zero-order valence-corrected chi connectivity index (χ0v) is 18.6. The minimum Gasteiger partial charge on any atom is -0.486 e. The first-order valence-corrected chi connectivity index (χ1v) is 10.9. The quantitative estimate of drug-likeness (QED) is 0.267. The fourth-order valence-corrected chi connectivity index (χ4v) is 3.62. The van der Waals surface area contributed by atoms with E-state index in [2.05, 4.69) is 35.9 Å². The predicted octanol–water partition coefficient (Wildman–Crippen LogP) is 6.39. The van der Waals surface area contributed by atoms with Crippen molar-refractivity contribution in [1.29, 1.82) is 0 Å². The number of nitrogens with zero attached hydrogens (tertiary/aromatic N) is 1. The van der Waals surface area contributed by atoms with Gasteiger partial charge in [-0.3, -0.25) is 4.72 Å². The van der Waals surface area contributed by atoms with Crippen molar-refractivity contribution in [2.45, 2.75) is 11.5 Å². The number of H-pyrrole nitrogens is 1. The van der Waals surface area contributed by atoms with E-state index in [1.807, 2.05) is 60.7 Å². The van der Waals surface area contributed by atoms with Crippen molar-refractivity contribution in [3.63, 3.8) is 0 Å². The number of fused-ring (bicyclic) bond motifs is 1. The minimum atomic E-state index is -0.298. The van der Waals surface area contributed by atoms with Crippen LogP contribution < -0.4 is 14.8 Å². The highest BCUT2D eigenvalue weighted by Crippen LogP contribution is 2.21. The first-order valence-electron chi connectivity index (χ1n) is 8.91. The van der Waals surface area contributed by atoms with E-state index in [1.165, 1.54) is 11.9 Å². The maximum atomic E-state index is 12.0. The Morgan fingerprint density at radius 2 is 1.87 bits per heavy atom. The van der Waals surface area contributed by atoms with E-state index in [9.17, 15) is 4.79 Å². The lowest BCUT2D eigenvalue weighted by Crippen LogP contribution is -2.22. The summed E-state index contributed by atoms with van der Waals surface area (Å²) in [6.07, 6.45) is 0. The average molecular weight is 504 g/mol. The van der Waals surface area contributed by atoms with E-state index >= 15 is 0 Å². The van der Waals surface area contributed by atoms with Gasteiger partial charge in [-0.15, -0.1) is 0 Å². The highest BCUT2D eigenvalue weighted by Gasteiger charge is 2.06. The van der Waals surface area contributed by atoms with Gasteiger partial charge in [-0.05, 0) is 78.7 Å². The van der Waals surface area contributed by atoms with Gasteiger partial charge < -0.3 is 15.0 Å². The summed E-state index contributed by atoms with van der Waals surface area (Å²) in [5.74, 6) is 1.43. The standard InChI is InChI=1S/C21H16BrClN4O2S/c22-13-1-4-15(5-2-13)24-21(28)27-30-17-8-6-16(7-9-17)29-12-20-25-18-10-3-14(23)11-19(18)26-20/h1-11H,12H2,(H,25,26)(H2,24,27,28). The van der Waals surface area contributed by atoms with Gasteiger partial charge in [-0.1, -0.05) is 27.5 Å². The third-order valence-corrected chi connectivity index (χ3v) is 5.62. The van der Waals surface area contributed by atoms with E-state index in [-0.39, 0.29) is 6.03 Å². The fourth-order valence-electron chi connectivity index (χ4n) is 2.65. The molecule has 4 aromatic rings. The van der Waals surface area contributed by atoms with Gasteiger partial charge >= 0.3 is 6.03 Å². The summed E-state index contributed by atoms with van der Waals surface area (Å²) in [7, 11) is 0. The first-order chi connectivity index (χ1) is 14.5. The Labute approximate surface area is 190 Å². The van der Waals surface area contributed by atoms with Gasteiger partial charge in [0.25, 0.3) is 0 Å². The molecule has 30 heavy (non-hydrogen) atoms. The van der Waals surface area contributed by atoms with Crippen molar-refractivity contribution in [3.05, 3.63) is 82.0 Å². The molecule has 0 aliphatic rings. The van der Waals surface area contributed by atoms with Crippen LogP contribution in [-0.2, 0) is 6.61 Å². The lowest BCUT2D eigenvalue weighted by atomic mass is 10.3. The molecule has 3 N–H and O–H groups in total. The number of rotatable bonds is 6. The summed E-state index contributed by atoms with van der Waals surface area (Å²) >= 11 is 10.6. The molecule has 1 aromatic heterocycles. The summed E-state index contributed by atoms with van der Waals surface area (Å²) in [4.78, 5) is 20.5. The number of nitrogens with one attached hydrogen (secondary N) is 3. The number of hydrogen-bond acceptors (Lipinski definition) is 4. The van der Waals surface area contributed by atoms with Crippen LogP contribution in [0.2, 0.25) is 5.02 Å². The monoisotopic (exact) mass is 502 g/mol. The van der Waals surface area contributed by atoms with Crippen molar-refractivity contribution >= 4 is 62.2 Å². The fraction of sp³-hybridized carbons (Fsp3) is 0.0476. The number of aromatic amines is 1. The van der Waals surface area contributed by atoms with Crippen LogP contribution >= 0.6 is 39.5 Å². The van der Waals surface area contributed by atoms with Gasteiger partial charge in [0, 0.05) is 20.1 Å². The van der Waals surface area contributed by atoms with Gasteiger partial charge in [-0.2, -0.15) is 0 Å². The molecule has 0 spiro atoms. The zero-order chi connectivity index (χ0) is 20.9. The number of halogens is 2. The second-order valence-corrected chi connectivity index (χ2v) is 8.50. The van der Waals surface area contributed by atoms with Gasteiger partial charge in [-0.25, -0.2) is 9.78 Å². The number of aromatic nitrogens is 2.